The van der Waals surface area contributed by atoms with Crippen LogP contribution in [0.15, 0.2) is 12.3 Å². The molecule has 0 aromatic carbocycles. The number of hydrogen-bond donors (Lipinski definition) is 0. The second-order valence-corrected chi connectivity index (χ2v) is 3.23. The Morgan fingerprint density at radius 1 is 1.64 bits per heavy atom. The Morgan fingerprint density at radius 3 is 2.79 bits per heavy atom. The number of ether oxygens (including phenoxy) is 1. The quantitative estimate of drug-likeness (QED) is 0.442. The standard InChI is InChI=1S/C8H9ClN2O3/c1-5(2)14-6-3-4-10-8(9)7(6)11(12)13/h3-5H,1-2H3. The molecule has 1 aromatic rings. The van der Waals surface area contributed by atoms with E-state index in [9.17, 15) is 10.1 Å². The minimum atomic E-state index is -0.604. The van der Waals surface area contributed by atoms with Gasteiger partial charge in [0, 0.05) is 12.3 Å². The molecule has 0 saturated heterocycles. The van der Waals surface area contributed by atoms with E-state index >= 15 is 0 Å². The van der Waals surface area contributed by atoms with Crippen molar-refractivity contribution in [3.63, 3.8) is 0 Å². The van der Waals surface area contributed by atoms with Crippen molar-refractivity contribution >= 4 is 17.3 Å². The van der Waals surface area contributed by atoms with Crippen molar-refractivity contribution < 1.29 is 9.66 Å². The molecule has 6 heteroatoms. The summed E-state index contributed by atoms with van der Waals surface area (Å²) in [5.74, 6) is 0.144. The van der Waals surface area contributed by atoms with Crippen molar-refractivity contribution in [3.8, 4) is 5.75 Å². The first-order valence-electron chi connectivity index (χ1n) is 3.98. The van der Waals surface area contributed by atoms with Gasteiger partial charge in [-0.2, -0.15) is 0 Å². The molecule has 1 heterocycles. The molecule has 5 nitrogen and oxygen atoms in total. The molecule has 0 aliphatic carbocycles. The van der Waals surface area contributed by atoms with Gasteiger partial charge >= 0.3 is 5.69 Å². The van der Waals surface area contributed by atoms with Crippen molar-refractivity contribution in [2.75, 3.05) is 0 Å². The van der Waals surface area contributed by atoms with Crippen molar-refractivity contribution in [1.82, 2.24) is 4.98 Å². The van der Waals surface area contributed by atoms with Crippen LogP contribution in [0.2, 0.25) is 5.15 Å². The highest BCUT2D eigenvalue weighted by Gasteiger charge is 2.21. The summed E-state index contributed by atoms with van der Waals surface area (Å²) < 4.78 is 5.22. The monoisotopic (exact) mass is 216 g/mol. The van der Waals surface area contributed by atoms with Gasteiger partial charge in [-0.3, -0.25) is 10.1 Å². The summed E-state index contributed by atoms with van der Waals surface area (Å²) in [4.78, 5) is 13.6. The zero-order valence-corrected chi connectivity index (χ0v) is 8.49. The summed E-state index contributed by atoms with van der Waals surface area (Å²) >= 11 is 5.58. The van der Waals surface area contributed by atoms with Crippen molar-refractivity contribution in [3.05, 3.63) is 27.5 Å². The first-order valence-corrected chi connectivity index (χ1v) is 4.35. The zero-order chi connectivity index (χ0) is 10.7. The van der Waals surface area contributed by atoms with E-state index in [-0.39, 0.29) is 22.7 Å². The SMILES string of the molecule is CC(C)Oc1ccnc(Cl)c1[N+](=O)[O-]. The van der Waals surface area contributed by atoms with E-state index in [1.165, 1.54) is 12.3 Å². The Hall–Kier alpha value is -1.36. The molecular weight excluding hydrogens is 208 g/mol. The molecule has 0 aliphatic heterocycles. The Balaban J connectivity index is 3.14. The van der Waals surface area contributed by atoms with Crippen LogP contribution in [-0.2, 0) is 0 Å². The molecule has 0 aliphatic rings. The lowest BCUT2D eigenvalue weighted by molar-refractivity contribution is -0.386. The van der Waals surface area contributed by atoms with Crippen molar-refractivity contribution in [1.29, 1.82) is 0 Å². The number of aromatic nitrogens is 1. The molecule has 0 fully saturated rings. The average molecular weight is 217 g/mol. The second kappa shape index (κ2) is 4.23. The van der Waals surface area contributed by atoms with E-state index in [0.717, 1.165) is 0 Å². The lowest BCUT2D eigenvalue weighted by Crippen LogP contribution is -2.07. The molecule has 0 amide bonds. The summed E-state index contributed by atoms with van der Waals surface area (Å²) in [7, 11) is 0. The van der Waals surface area contributed by atoms with E-state index in [0.29, 0.717) is 0 Å². The number of rotatable bonds is 3. The van der Waals surface area contributed by atoms with Gasteiger partial charge in [-0.15, -0.1) is 0 Å². The molecule has 0 saturated carbocycles. The minimum Gasteiger partial charge on any atom is -0.484 e. The topological polar surface area (TPSA) is 65.3 Å². The van der Waals surface area contributed by atoms with Crippen LogP contribution >= 0.6 is 11.6 Å². The van der Waals surface area contributed by atoms with Gasteiger partial charge in [0.25, 0.3) is 0 Å². The molecule has 76 valence electrons. The lowest BCUT2D eigenvalue weighted by atomic mass is 10.4. The van der Waals surface area contributed by atoms with Crippen LogP contribution in [-0.4, -0.2) is 16.0 Å². The molecule has 0 radical (unpaired) electrons. The molecule has 0 bridgehead atoms. The van der Waals surface area contributed by atoms with Gasteiger partial charge in [0.1, 0.15) is 0 Å². The van der Waals surface area contributed by atoms with E-state index in [2.05, 4.69) is 4.98 Å². The third-order valence-corrected chi connectivity index (χ3v) is 1.66. The smallest absolute Gasteiger partial charge is 0.347 e. The summed E-state index contributed by atoms with van der Waals surface area (Å²) in [5.41, 5.74) is -0.289. The van der Waals surface area contributed by atoms with Gasteiger partial charge < -0.3 is 4.74 Å². The minimum absolute atomic E-state index is 0.144. The predicted octanol–water partition coefficient (Wildman–Crippen LogP) is 2.43. The Morgan fingerprint density at radius 2 is 2.29 bits per heavy atom. The van der Waals surface area contributed by atoms with Crippen molar-refractivity contribution in [2.45, 2.75) is 20.0 Å². The van der Waals surface area contributed by atoms with E-state index < -0.39 is 4.92 Å². The Bertz CT molecular complexity index is 354. The summed E-state index contributed by atoms with van der Waals surface area (Å²) in [6, 6.07) is 1.42. The number of nitro groups is 1. The van der Waals surface area contributed by atoms with Gasteiger partial charge in [0.2, 0.25) is 10.9 Å². The normalized spacial score (nSPS) is 10.3. The van der Waals surface area contributed by atoms with Crippen LogP contribution in [0.5, 0.6) is 5.75 Å². The number of halogens is 1. The summed E-state index contributed by atoms with van der Waals surface area (Å²) in [6.45, 7) is 3.55. The van der Waals surface area contributed by atoms with Crippen LogP contribution in [0.1, 0.15) is 13.8 Å². The number of nitrogens with zero attached hydrogens (tertiary/aromatic N) is 2. The molecular formula is C8H9ClN2O3. The van der Waals surface area contributed by atoms with Gasteiger partial charge in [0.15, 0.2) is 0 Å². The third-order valence-electron chi connectivity index (χ3n) is 1.39. The van der Waals surface area contributed by atoms with Crippen LogP contribution in [0.25, 0.3) is 0 Å². The van der Waals surface area contributed by atoms with Gasteiger partial charge in [-0.25, -0.2) is 4.98 Å². The van der Waals surface area contributed by atoms with E-state index in [1.54, 1.807) is 13.8 Å². The fourth-order valence-corrected chi connectivity index (χ4v) is 1.14. The van der Waals surface area contributed by atoms with Crippen LogP contribution < -0.4 is 4.74 Å². The molecule has 1 rings (SSSR count). The maximum absolute atomic E-state index is 10.6. The molecule has 1 aromatic heterocycles. The van der Waals surface area contributed by atoms with E-state index in [4.69, 9.17) is 16.3 Å². The van der Waals surface area contributed by atoms with Crippen LogP contribution in [0.3, 0.4) is 0 Å². The first-order chi connectivity index (χ1) is 6.52. The zero-order valence-electron chi connectivity index (χ0n) is 7.73. The average Bonchev–Trinajstić information content (AvgIpc) is 2.01. The lowest BCUT2D eigenvalue weighted by Gasteiger charge is -2.09. The second-order valence-electron chi connectivity index (χ2n) is 2.87. The van der Waals surface area contributed by atoms with Gasteiger partial charge in [-0.05, 0) is 13.8 Å². The third kappa shape index (κ3) is 2.32. The molecule has 0 atom stereocenters. The van der Waals surface area contributed by atoms with Crippen LogP contribution in [0.4, 0.5) is 5.69 Å². The predicted molar refractivity (Wildman–Crippen MR) is 51.7 cm³/mol. The highest BCUT2D eigenvalue weighted by molar-refractivity contribution is 6.31. The summed E-state index contributed by atoms with van der Waals surface area (Å²) in [5, 5.41) is 10.5. The number of hydrogen-bond acceptors (Lipinski definition) is 4. The Labute approximate surface area is 85.8 Å². The summed E-state index contributed by atoms with van der Waals surface area (Å²) in [6.07, 6.45) is 1.22. The molecule has 0 unspecified atom stereocenters. The van der Waals surface area contributed by atoms with E-state index in [1.807, 2.05) is 0 Å². The molecule has 0 spiro atoms. The maximum atomic E-state index is 10.6. The first kappa shape index (κ1) is 10.7. The Kier molecular flexibility index (Phi) is 3.24. The van der Waals surface area contributed by atoms with Crippen LogP contribution in [0, 0.1) is 10.1 Å². The molecule has 0 N–H and O–H groups in total. The van der Waals surface area contributed by atoms with Crippen molar-refractivity contribution in [2.24, 2.45) is 0 Å². The highest BCUT2D eigenvalue weighted by Crippen LogP contribution is 2.32. The highest BCUT2D eigenvalue weighted by atomic mass is 35.5. The fourth-order valence-electron chi connectivity index (χ4n) is 0.926. The molecule has 14 heavy (non-hydrogen) atoms. The fraction of sp³-hybridized carbons (Fsp3) is 0.375. The number of pyridine rings is 1. The van der Waals surface area contributed by atoms with Gasteiger partial charge in [0.05, 0.1) is 11.0 Å². The maximum Gasteiger partial charge on any atom is 0.347 e. The van der Waals surface area contributed by atoms with Gasteiger partial charge in [-0.1, -0.05) is 11.6 Å². The largest absolute Gasteiger partial charge is 0.484 e.